The lowest BCUT2D eigenvalue weighted by atomic mass is 9.91. The van der Waals surface area contributed by atoms with Crippen LogP contribution in [0.3, 0.4) is 0 Å². The van der Waals surface area contributed by atoms with Gasteiger partial charge in [-0.1, -0.05) is 0 Å². The fraction of sp³-hybridized carbons (Fsp3) is 1.00. The third-order valence-corrected chi connectivity index (χ3v) is 2.83. The zero-order valence-electron chi connectivity index (χ0n) is 9.16. The van der Waals surface area contributed by atoms with E-state index in [-0.39, 0.29) is 12.1 Å². The van der Waals surface area contributed by atoms with Gasteiger partial charge in [-0.05, 0) is 26.7 Å². The Labute approximate surface area is 86.1 Å². The van der Waals surface area contributed by atoms with Crippen LogP contribution in [0, 0.1) is 5.92 Å². The van der Waals surface area contributed by atoms with E-state index in [2.05, 4.69) is 12.3 Å². The molecule has 4 heteroatoms. The summed E-state index contributed by atoms with van der Waals surface area (Å²) in [5.74, 6) is 6.03. The standard InChI is InChI=1S/C10H22N2O2/c1-3-14-8(2)10(12-11)9-5-4-6-13-7-9/h8-10,12H,3-7,11H2,1-2H3. The number of rotatable bonds is 5. The average Bonchev–Trinajstić information content (AvgIpc) is 2.21. The third kappa shape index (κ3) is 3.20. The van der Waals surface area contributed by atoms with Gasteiger partial charge in [0.15, 0.2) is 0 Å². The summed E-state index contributed by atoms with van der Waals surface area (Å²) in [5.41, 5.74) is 2.85. The van der Waals surface area contributed by atoms with Gasteiger partial charge in [-0.25, -0.2) is 0 Å². The molecule has 0 aromatic rings. The summed E-state index contributed by atoms with van der Waals surface area (Å²) in [7, 11) is 0. The van der Waals surface area contributed by atoms with Gasteiger partial charge in [0.25, 0.3) is 0 Å². The zero-order chi connectivity index (χ0) is 10.4. The van der Waals surface area contributed by atoms with Crippen LogP contribution in [-0.4, -0.2) is 32.0 Å². The van der Waals surface area contributed by atoms with Crippen LogP contribution >= 0.6 is 0 Å². The van der Waals surface area contributed by atoms with Crippen molar-refractivity contribution in [3.63, 3.8) is 0 Å². The topological polar surface area (TPSA) is 56.5 Å². The van der Waals surface area contributed by atoms with Crippen LogP contribution in [0.15, 0.2) is 0 Å². The highest BCUT2D eigenvalue weighted by Gasteiger charge is 2.28. The van der Waals surface area contributed by atoms with Crippen molar-refractivity contribution in [3.05, 3.63) is 0 Å². The maximum Gasteiger partial charge on any atom is 0.0716 e. The lowest BCUT2D eigenvalue weighted by Crippen LogP contribution is -2.51. The lowest BCUT2D eigenvalue weighted by molar-refractivity contribution is -0.0156. The Morgan fingerprint density at radius 1 is 1.64 bits per heavy atom. The van der Waals surface area contributed by atoms with E-state index in [1.165, 1.54) is 6.42 Å². The first-order chi connectivity index (χ1) is 6.79. The SMILES string of the molecule is CCOC(C)C(NN)C1CCCOC1. The molecular weight excluding hydrogens is 180 g/mol. The summed E-state index contributed by atoms with van der Waals surface area (Å²) >= 11 is 0. The highest BCUT2D eigenvalue weighted by atomic mass is 16.5. The Bertz CT molecular complexity index is 149. The van der Waals surface area contributed by atoms with Crippen molar-refractivity contribution in [2.75, 3.05) is 19.8 Å². The predicted octanol–water partition coefficient (Wildman–Crippen LogP) is 0.670. The monoisotopic (exact) mass is 202 g/mol. The molecule has 1 aliphatic rings. The minimum atomic E-state index is 0.150. The fourth-order valence-electron chi connectivity index (χ4n) is 2.07. The predicted molar refractivity (Wildman–Crippen MR) is 55.7 cm³/mol. The molecular formula is C10H22N2O2. The van der Waals surface area contributed by atoms with Crippen molar-refractivity contribution in [1.82, 2.24) is 5.43 Å². The molecule has 0 aromatic heterocycles. The highest BCUT2D eigenvalue weighted by molar-refractivity contribution is 4.81. The molecule has 3 atom stereocenters. The molecule has 1 fully saturated rings. The molecule has 3 unspecified atom stereocenters. The van der Waals surface area contributed by atoms with E-state index in [0.29, 0.717) is 5.92 Å². The Morgan fingerprint density at radius 3 is 2.93 bits per heavy atom. The Hall–Kier alpha value is -0.160. The van der Waals surface area contributed by atoms with E-state index in [0.717, 1.165) is 26.2 Å². The van der Waals surface area contributed by atoms with E-state index >= 15 is 0 Å². The van der Waals surface area contributed by atoms with Gasteiger partial charge in [0.05, 0.1) is 18.8 Å². The van der Waals surface area contributed by atoms with Crippen LogP contribution < -0.4 is 11.3 Å². The quantitative estimate of drug-likeness (QED) is 0.508. The largest absolute Gasteiger partial charge is 0.381 e. The Kier molecular flexibility index (Phi) is 5.40. The van der Waals surface area contributed by atoms with Gasteiger partial charge in [0.2, 0.25) is 0 Å². The van der Waals surface area contributed by atoms with E-state index in [9.17, 15) is 0 Å². The van der Waals surface area contributed by atoms with Crippen LogP contribution in [0.5, 0.6) is 0 Å². The summed E-state index contributed by atoms with van der Waals surface area (Å²) < 4.78 is 11.0. The average molecular weight is 202 g/mol. The molecule has 0 radical (unpaired) electrons. The molecule has 0 amide bonds. The maximum absolute atomic E-state index is 5.55. The molecule has 1 rings (SSSR count). The van der Waals surface area contributed by atoms with Gasteiger partial charge in [-0.2, -0.15) is 0 Å². The Balaban J connectivity index is 2.41. The number of nitrogens with one attached hydrogen (secondary N) is 1. The van der Waals surface area contributed by atoms with Gasteiger partial charge in [-0.15, -0.1) is 0 Å². The molecule has 0 aliphatic carbocycles. The lowest BCUT2D eigenvalue weighted by Gasteiger charge is -2.33. The fourth-order valence-corrected chi connectivity index (χ4v) is 2.07. The first-order valence-corrected chi connectivity index (χ1v) is 5.45. The normalized spacial score (nSPS) is 27.2. The number of ether oxygens (including phenoxy) is 2. The second-order valence-corrected chi connectivity index (χ2v) is 3.83. The summed E-state index contributed by atoms with van der Waals surface area (Å²) in [6.07, 6.45) is 2.45. The van der Waals surface area contributed by atoms with Crippen LogP contribution in [0.2, 0.25) is 0 Å². The molecule has 1 heterocycles. The van der Waals surface area contributed by atoms with Gasteiger partial charge >= 0.3 is 0 Å². The summed E-state index contributed by atoms with van der Waals surface area (Å²) in [4.78, 5) is 0. The van der Waals surface area contributed by atoms with Gasteiger partial charge in [-0.3, -0.25) is 11.3 Å². The minimum absolute atomic E-state index is 0.150. The van der Waals surface area contributed by atoms with Crippen molar-refractivity contribution >= 4 is 0 Å². The Morgan fingerprint density at radius 2 is 2.43 bits per heavy atom. The van der Waals surface area contributed by atoms with Crippen molar-refractivity contribution < 1.29 is 9.47 Å². The smallest absolute Gasteiger partial charge is 0.0716 e. The molecule has 0 bridgehead atoms. The van der Waals surface area contributed by atoms with Crippen LogP contribution in [0.25, 0.3) is 0 Å². The van der Waals surface area contributed by atoms with Gasteiger partial charge in [0.1, 0.15) is 0 Å². The third-order valence-electron chi connectivity index (χ3n) is 2.83. The van der Waals surface area contributed by atoms with E-state index < -0.39 is 0 Å². The van der Waals surface area contributed by atoms with Crippen LogP contribution in [-0.2, 0) is 9.47 Å². The number of nitrogens with two attached hydrogens (primary N) is 1. The summed E-state index contributed by atoms with van der Waals surface area (Å²) in [5, 5.41) is 0. The molecule has 0 spiro atoms. The molecule has 1 saturated heterocycles. The number of hydrogen-bond acceptors (Lipinski definition) is 4. The van der Waals surface area contributed by atoms with Crippen molar-refractivity contribution in [3.8, 4) is 0 Å². The van der Waals surface area contributed by atoms with Crippen molar-refractivity contribution in [2.45, 2.75) is 38.8 Å². The minimum Gasteiger partial charge on any atom is -0.381 e. The van der Waals surface area contributed by atoms with Gasteiger partial charge < -0.3 is 9.47 Å². The van der Waals surface area contributed by atoms with E-state index in [4.69, 9.17) is 15.3 Å². The number of hydrogen-bond donors (Lipinski definition) is 2. The van der Waals surface area contributed by atoms with Crippen LogP contribution in [0.4, 0.5) is 0 Å². The molecule has 0 saturated carbocycles. The van der Waals surface area contributed by atoms with E-state index in [1.807, 2.05) is 6.92 Å². The maximum atomic E-state index is 5.55. The first-order valence-electron chi connectivity index (χ1n) is 5.45. The second kappa shape index (κ2) is 6.35. The molecule has 84 valence electrons. The molecule has 3 N–H and O–H groups in total. The second-order valence-electron chi connectivity index (χ2n) is 3.83. The molecule has 14 heavy (non-hydrogen) atoms. The first kappa shape index (κ1) is 11.9. The molecule has 1 aliphatic heterocycles. The van der Waals surface area contributed by atoms with E-state index in [1.54, 1.807) is 0 Å². The summed E-state index contributed by atoms with van der Waals surface area (Å²) in [6, 6.07) is 0.204. The van der Waals surface area contributed by atoms with Crippen molar-refractivity contribution in [1.29, 1.82) is 0 Å². The number of hydrazine groups is 1. The molecule has 4 nitrogen and oxygen atoms in total. The van der Waals surface area contributed by atoms with Crippen molar-refractivity contribution in [2.24, 2.45) is 11.8 Å². The van der Waals surface area contributed by atoms with Crippen LogP contribution in [0.1, 0.15) is 26.7 Å². The van der Waals surface area contributed by atoms with Gasteiger partial charge in [0, 0.05) is 19.1 Å². The summed E-state index contributed by atoms with van der Waals surface area (Å²) in [6.45, 7) is 6.47. The molecule has 0 aromatic carbocycles. The zero-order valence-corrected chi connectivity index (χ0v) is 9.16. The highest BCUT2D eigenvalue weighted by Crippen LogP contribution is 2.20.